The fraction of sp³-hybridized carbons (Fsp3) is 1.00. The molecule has 2 N–H and O–H groups in total. The Morgan fingerprint density at radius 2 is 1.75 bits per heavy atom. The van der Waals surface area contributed by atoms with Crippen LogP contribution in [0.3, 0.4) is 0 Å². The summed E-state index contributed by atoms with van der Waals surface area (Å²) in [6, 6.07) is 0. The van der Waals surface area contributed by atoms with Crippen molar-refractivity contribution in [1.29, 1.82) is 0 Å². The smallest absolute Gasteiger partial charge is 0.0728 e. The van der Waals surface area contributed by atoms with E-state index in [1.165, 1.54) is 6.42 Å². The summed E-state index contributed by atoms with van der Waals surface area (Å²) in [6.45, 7) is 6.90. The van der Waals surface area contributed by atoms with Gasteiger partial charge in [-0.1, -0.05) is 27.2 Å². The summed E-state index contributed by atoms with van der Waals surface area (Å²) in [4.78, 5) is 0. The van der Waals surface area contributed by atoms with Gasteiger partial charge >= 0.3 is 0 Å². The lowest BCUT2D eigenvalue weighted by molar-refractivity contribution is -0.0743. The van der Waals surface area contributed by atoms with Gasteiger partial charge in [-0.2, -0.15) is 0 Å². The standard InChI is InChI=1S/C14H26O2/c1-11-9-13(11,10-15)14(16)6-4-5-12(2,3)7-8-14/h11,15-16H,4-10H2,1-3H3. The van der Waals surface area contributed by atoms with Crippen LogP contribution >= 0.6 is 0 Å². The molecule has 0 radical (unpaired) electrons. The fourth-order valence-electron chi connectivity index (χ4n) is 3.66. The van der Waals surface area contributed by atoms with Crippen LogP contribution in [0.4, 0.5) is 0 Å². The van der Waals surface area contributed by atoms with Gasteiger partial charge in [-0.05, 0) is 43.4 Å². The lowest BCUT2D eigenvalue weighted by Crippen LogP contribution is -2.42. The zero-order chi connectivity index (χ0) is 12.0. The summed E-state index contributed by atoms with van der Waals surface area (Å²) in [6.07, 6.45) is 6.12. The van der Waals surface area contributed by atoms with Gasteiger partial charge in [0.2, 0.25) is 0 Å². The van der Waals surface area contributed by atoms with Crippen molar-refractivity contribution >= 4 is 0 Å². The van der Waals surface area contributed by atoms with Gasteiger partial charge in [-0.25, -0.2) is 0 Å². The molecule has 0 amide bonds. The highest BCUT2D eigenvalue weighted by Crippen LogP contribution is 2.63. The molecule has 2 aliphatic rings. The molecule has 2 heteroatoms. The van der Waals surface area contributed by atoms with Crippen molar-refractivity contribution in [3.63, 3.8) is 0 Å². The Morgan fingerprint density at radius 1 is 1.12 bits per heavy atom. The van der Waals surface area contributed by atoms with E-state index in [4.69, 9.17) is 0 Å². The van der Waals surface area contributed by atoms with Gasteiger partial charge in [0.05, 0.1) is 12.2 Å². The van der Waals surface area contributed by atoms with Crippen LogP contribution in [0.5, 0.6) is 0 Å². The Kier molecular flexibility index (Phi) is 2.87. The topological polar surface area (TPSA) is 40.5 Å². The monoisotopic (exact) mass is 226 g/mol. The van der Waals surface area contributed by atoms with Gasteiger partial charge in [-0.15, -0.1) is 0 Å². The van der Waals surface area contributed by atoms with Crippen molar-refractivity contribution in [1.82, 2.24) is 0 Å². The average Bonchev–Trinajstić information content (AvgIpc) is 2.89. The molecule has 2 rings (SSSR count). The Hall–Kier alpha value is -0.0800. The van der Waals surface area contributed by atoms with Gasteiger partial charge in [0.1, 0.15) is 0 Å². The molecular weight excluding hydrogens is 200 g/mol. The van der Waals surface area contributed by atoms with E-state index in [2.05, 4.69) is 20.8 Å². The molecule has 0 bridgehead atoms. The lowest BCUT2D eigenvalue weighted by Gasteiger charge is -2.36. The number of aliphatic hydroxyl groups is 2. The van der Waals surface area contributed by atoms with Crippen LogP contribution in [0, 0.1) is 16.7 Å². The van der Waals surface area contributed by atoms with Crippen molar-refractivity contribution in [3.8, 4) is 0 Å². The third-order valence-corrected chi connectivity index (χ3v) is 5.32. The second-order valence-electron chi connectivity index (χ2n) is 6.97. The molecule has 0 heterocycles. The van der Waals surface area contributed by atoms with Crippen molar-refractivity contribution in [3.05, 3.63) is 0 Å². The molecular formula is C14H26O2. The maximum absolute atomic E-state index is 10.9. The van der Waals surface area contributed by atoms with E-state index in [0.29, 0.717) is 11.3 Å². The minimum atomic E-state index is -0.602. The zero-order valence-corrected chi connectivity index (χ0v) is 10.9. The molecule has 0 saturated heterocycles. The molecule has 16 heavy (non-hydrogen) atoms. The first kappa shape index (κ1) is 12.4. The SMILES string of the molecule is CC1CC1(CO)C1(O)CCCC(C)(C)CC1. The zero-order valence-electron chi connectivity index (χ0n) is 10.9. The maximum Gasteiger partial charge on any atom is 0.0728 e. The largest absolute Gasteiger partial charge is 0.396 e. The van der Waals surface area contributed by atoms with E-state index in [-0.39, 0.29) is 12.0 Å². The minimum absolute atomic E-state index is 0.158. The van der Waals surface area contributed by atoms with Gasteiger partial charge in [0.25, 0.3) is 0 Å². The predicted molar refractivity (Wildman–Crippen MR) is 65.1 cm³/mol. The van der Waals surface area contributed by atoms with E-state index >= 15 is 0 Å². The highest BCUT2D eigenvalue weighted by atomic mass is 16.3. The quantitative estimate of drug-likeness (QED) is 0.711. The molecule has 94 valence electrons. The molecule has 2 fully saturated rings. The Morgan fingerprint density at radius 3 is 2.25 bits per heavy atom. The van der Waals surface area contributed by atoms with E-state index in [1.807, 2.05) is 0 Å². The van der Waals surface area contributed by atoms with Crippen LogP contribution < -0.4 is 0 Å². The fourth-order valence-corrected chi connectivity index (χ4v) is 3.66. The second kappa shape index (κ2) is 3.71. The number of hydrogen-bond acceptors (Lipinski definition) is 2. The summed E-state index contributed by atoms with van der Waals surface area (Å²) >= 11 is 0. The van der Waals surface area contributed by atoms with Crippen molar-refractivity contribution < 1.29 is 10.2 Å². The van der Waals surface area contributed by atoms with E-state index in [0.717, 1.165) is 32.1 Å². The summed E-state index contributed by atoms with van der Waals surface area (Å²) in [7, 11) is 0. The van der Waals surface area contributed by atoms with Gasteiger partial charge in [0.15, 0.2) is 0 Å². The number of aliphatic hydroxyl groups excluding tert-OH is 1. The molecule has 2 nitrogen and oxygen atoms in total. The first-order valence-electron chi connectivity index (χ1n) is 6.69. The van der Waals surface area contributed by atoms with E-state index < -0.39 is 5.60 Å². The highest BCUT2D eigenvalue weighted by Gasteiger charge is 2.63. The Bertz CT molecular complexity index is 270. The maximum atomic E-state index is 10.9. The predicted octanol–water partition coefficient (Wildman–Crippen LogP) is 2.73. The molecule has 2 saturated carbocycles. The second-order valence-corrected chi connectivity index (χ2v) is 6.97. The molecule has 3 atom stereocenters. The van der Waals surface area contributed by atoms with Crippen LogP contribution in [0.2, 0.25) is 0 Å². The molecule has 0 spiro atoms. The molecule has 0 aromatic rings. The first-order valence-corrected chi connectivity index (χ1v) is 6.69. The van der Waals surface area contributed by atoms with Crippen LogP contribution in [0.25, 0.3) is 0 Å². The van der Waals surface area contributed by atoms with Crippen LogP contribution in [0.1, 0.15) is 59.3 Å². The molecule has 3 unspecified atom stereocenters. The Labute approximate surface area is 99.1 Å². The first-order chi connectivity index (χ1) is 7.35. The third-order valence-electron chi connectivity index (χ3n) is 5.32. The van der Waals surface area contributed by atoms with E-state index in [1.54, 1.807) is 0 Å². The summed E-state index contributed by atoms with van der Waals surface area (Å²) < 4.78 is 0. The summed E-state index contributed by atoms with van der Waals surface area (Å²) in [5, 5.41) is 20.5. The van der Waals surface area contributed by atoms with Gasteiger partial charge in [-0.3, -0.25) is 0 Å². The van der Waals surface area contributed by atoms with Gasteiger partial charge < -0.3 is 10.2 Å². The molecule has 2 aliphatic carbocycles. The average molecular weight is 226 g/mol. The van der Waals surface area contributed by atoms with Crippen LogP contribution in [0.15, 0.2) is 0 Å². The van der Waals surface area contributed by atoms with Gasteiger partial charge in [0, 0.05) is 5.41 Å². The lowest BCUT2D eigenvalue weighted by atomic mass is 9.76. The van der Waals surface area contributed by atoms with Crippen molar-refractivity contribution in [2.75, 3.05) is 6.61 Å². The molecule has 0 aliphatic heterocycles. The van der Waals surface area contributed by atoms with Crippen molar-refractivity contribution in [2.45, 2.75) is 64.9 Å². The van der Waals surface area contributed by atoms with E-state index in [9.17, 15) is 10.2 Å². The summed E-state index contributed by atoms with van der Waals surface area (Å²) in [5.74, 6) is 0.490. The minimum Gasteiger partial charge on any atom is -0.396 e. The van der Waals surface area contributed by atoms with Crippen LogP contribution in [-0.4, -0.2) is 22.4 Å². The highest BCUT2D eigenvalue weighted by molar-refractivity contribution is 5.13. The molecule has 0 aromatic carbocycles. The Balaban J connectivity index is 2.14. The van der Waals surface area contributed by atoms with Crippen LogP contribution in [-0.2, 0) is 0 Å². The number of hydrogen-bond donors (Lipinski definition) is 2. The molecule has 0 aromatic heterocycles. The van der Waals surface area contributed by atoms with Crippen molar-refractivity contribution in [2.24, 2.45) is 16.7 Å². The third kappa shape index (κ3) is 1.80. The normalized spacial score (nSPS) is 47.4. The summed E-state index contributed by atoms with van der Waals surface area (Å²) in [5.41, 5.74) is -0.415. The number of rotatable bonds is 2.